The lowest BCUT2D eigenvalue weighted by atomic mass is 10.1. The number of rotatable bonds is 12. The molecule has 0 bridgehead atoms. The van der Waals surface area contributed by atoms with Crippen LogP contribution in [0.1, 0.15) is 64.7 Å². The van der Waals surface area contributed by atoms with Crippen molar-refractivity contribution in [3.8, 4) is 0 Å². The average Bonchev–Trinajstić information content (AvgIpc) is 2.27. The fraction of sp³-hybridized carbons (Fsp3) is 1.00. The van der Waals surface area contributed by atoms with Gasteiger partial charge in [-0.1, -0.05) is 67.8 Å². The minimum Gasteiger partial charge on any atom is -1.00 e. The smallest absolute Gasteiger partial charge is 0.0880 e. The highest BCUT2D eigenvalue weighted by Crippen LogP contribution is 2.11. The molecule has 0 amide bonds. The molecule has 0 aliphatic heterocycles. The van der Waals surface area contributed by atoms with Gasteiger partial charge in [0.15, 0.2) is 0 Å². The lowest BCUT2D eigenvalue weighted by Crippen LogP contribution is -3.00. The van der Waals surface area contributed by atoms with Crippen LogP contribution in [0.3, 0.4) is 0 Å². The van der Waals surface area contributed by atoms with Crippen molar-refractivity contribution < 1.29 is 16.9 Å². The fourth-order valence-electron chi connectivity index (χ4n) is 2.19. The number of alkyl halides is 1. The normalized spacial score (nSPS) is 11.3. The number of hydrogen-bond acceptors (Lipinski definition) is 0. The largest absolute Gasteiger partial charge is 1.00 e. The molecule has 3 heteroatoms. The molecule has 0 unspecified atom stereocenters. The van der Waals surface area contributed by atoms with E-state index < -0.39 is 0 Å². The van der Waals surface area contributed by atoms with E-state index in [9.17, 15) is 0 Å². The number of quaternary nitrogens is 1. The molecule has 0 aliphatic rings. The van der Waals surface area contributed by atoms with Crippen LogP contribution >= 0.6 is 15.9 Å². The third-order valence-electron chi connectivity index (χ3n) is 3.56. The Labute approximate surface area is 130 Å². The van der Waals surface area contributed by atoms with Crippen molar-refractivity contribution in [1.82, 2.24) is 0 Å². The summed E-state index contributed by atoms with van der Waals surface area (Å²) in [5, 5.41) is 1.12. The summed E-state index contributed by atoms with van der Waals surface area (Å²) in [6, 6.07) is 0. The Morgan fingerprint density at radius 2 is 1.17 bits per heavy atom. The molecule has 0 fully saturated rings. The summed E-state index contributed by atoms with van der Waals surface area (Å²) in [4.78, 5) is 0. The topological polar surface area (TPSA) is 0 Å². The molecule has 0 aromatic rings. The van der Waals surface area contributed by atoms with Crippen molar-refractivity contribution >= 4 is 15.9 Å². The van der Waals surface area contributed by atoms with Gasteiger partial charge in [-0.05, 0) is 12.8 Å². The first-order chi connectivity index (χ1) is 8.12. The van der Waals surface area contributed by atoms with E-state index in [1.807, 2.05) is 0 Å². The Morgan fingerprint density at radius 1 is 0.722 bits per heavy atom. The maximum absolute atomic E-state index is 3.53. The van der Waals surface area contributed by atoms with Crippen LogP contribution in [0.2, 0.25) is 0 Å². The third-order valence-corrected chi connectivity index (χ3v) is 3.91. The summed E-state index contributed by atoms with van der Waals surface area (Å²) in [5.74, 6) is 0. The number of nitrogens with zero attached hydrogens (tertiary/aromatic N) is 1. The lowest BCUT2D eigenvalue weighted by Gasteiger charge is -2.29. The van der Waals surface area contributed by atoms with Gasteiger partial charge in [-0.2, -0.15) is 0 Å². The first-order valence-electron chi connectivity index (χ1n) is 7.50. The average molecular weight is 343 g/mol. The molecule has 0 radical (unpaired) electrons. The van der Waals surface area contributed by atoms with Crippen molar-refractivity contribution in [2.45, 2.75) is 64.7 Å². The molecule has 1 nitrogen and oxygen atoms in total. The van der Waals surface area contributed by atoms with E-state index in [4.69, 9.17) is 0 Å². The summed E-state index contributed by atoms with van der Waals surface area (Å²) >= 11 is 3.53. The Balaban J connectivity index is 0. The molecule has 0 aliphatic carbocycles. The van der Waals surface area contributed by atoms with Gasteiger partial charge < -0.3 is 16.9 Å². The van der Waals surface area contributed by atoms with E-state index in [0.717, 1.165) is 5.33 Å². The molecular formula is C15H33BrClN. The van der Waals surface area contributed by atoms with Gasteiger partial charge in [-0.3, -0.25) is 0 Å². The highest BCUT2D eigenvalue weighted by atomic mass is 79.9. The first kappa shape index (κ1) is 21.0. The van der Waals surface area contributed by atoms with E-state index in [0.29, 0.717) is 0 Å². The molecule has 0 rings (SSSR count). The van der Waals surface area contributed by atoms with Gasteiger partial charge in [0, 0.05) is 0 Å². The summed E-state index contributed by atoms with van der Waals surface area (Å²) in [5.41, 5.74) is 0. The van der Waals surface area contributed by atoms with Crippen LogP contribution in [-0.4, -0.2) is 37.0 Å². The molecule has 0 spiro atoms. The van der Waals surface area contributed by atoms with Crippen molar-refractivity contribution in [2.24, 2.45) is 0 Å². The summed E-state index contributed by atoms with van der Waals surface area (Å²) in [6.07, 6.45) is 12.9. The van der Waals surface area contributed by atoms with Gasteiger partial charge >= 0.3 is 0 Å². The molecule has 0 heterocycles. The standard InChI is InChI=1S/C15H33BrN.ClH/c1-4-5-6-7-8-9-10-11-12-14-17(2,3)15-13-16;/h4-15H2,1-3H3;1H/q+1;/p-1. The van der Waals surface area contributed by atoms with Crippen molar-refractivity contribution in [1.29, 1.82) is 0 Å². The molecule has 0 N–H and O–H groups in total. The van der Waals surface area contributed by atoms with Crippen molar-refractivity contribution in [2.75, 3.05) is 32.5 Å². The third kappa shape index (κ3) is 14.8. The minimum atomic E-state index is 0. The molecule has 0 aromatic heterocycles. The highest BCUT2D eigenvalue weighted by molar-refractivity contribution is 9.09. The second kappa shape index (κ2) is 14.1. The van der Waals surface area contributed by atoms with E-state index in [1.165, 1.54) is 75.4 Å². The molecule has 18 heavy (non-hydrogen) atoms. The zero-order chi connectivity index (χ0) is 13.0. The summed E-state index contributed by atoms with van der Waals surface area (Å²) < 4.78 is 1.17. The van der Waals surface area contributed by atoms with E-state index in [-0.39, 0.29) is 12.4 Å². The van der Waals surface area contributed by atoms with Crippen LogP contribution < -0.4 is 12.4 Å². The van der Waals surface area contributed by atoms with E-state index in [1.54, 1.807) is 0 Å². The molecular weight excluding hydrogens is 310 g/mol. The summed E-state index contributed by atoms with van der Waals surface area (Å²) in [7, 11) is 4.68. The van der Waals surface area contributed by atoms with Gasteiger partial charge in [0.2, 0.25) is 0 Å². The Kier molecular flexibility index (Phi) is 16.5. The number of unbranched alkanes of at least 4 members (excludes halogenated alkanes) is 8. The van der Waals surface area contributed by atoms with Crippen LogP contribution in [0.4, 0.5) is 0 Å². The minimum absolute atomic E-state index is 0. The number of hydrogen-bond donors (Lipinski definition) is 0. The van der Waals surface area contributed by atoms with Crippen LogP contribution in [-0.2, 0) is 0 Å². The quantitative estimate of drug-likeness (QED) is 0.289. The Hall–Kier alpha value is 0.730. The Bertz CT molecular complexity index is 163. The van der Waals surface area contributed by atoms with Gasteiger partial charge in [-0.15, -0.1) is 0 Å². The van der Waals surface area contributed by atoms with Crippen molar-refractivity contribution in [3.05, 3.63) is 0 Å². The fourth-order valence-corrected chi connectivity index (χ4v) is 3.15. The monoisotopic (exact) mass is 341 g/mol. The second-order valence-electron chi connectivity index (χ2n) is 5.90. The number of halogens is 2. The van der Waals surface area contributed by atoms with Crippen LogP contribution in [0, 0.1) is 0 Å². The van der Waals surface area contributed by atoms with Crippen LogP contribution in [0.25, 0.3) is 0 Å². The van der Waals surface area contributed by atoms with Gasteiger partial charge in [0.05, 0.1) is 32.5 Å². The predicted octanol–water partition coefficient (Wildman–Crippen LogP) is 1.99. The van der Waals surface area contributed by atoms with Gasteiger partial charge in [-0.25, -0.2) is 0 Å². The zero-order valence-electron chi connectivity index (χ0n) is 12.7. The SMILES string of the molecule is CCCCCCCCCCC[N+](C)(C)CCBr.[Cl-]. The van der Waals surface area contributed by atoms with Crippen LogP contribution in [0.5, 0.6) is 0 Å². The second-order valence-corrected chi connectivity index (χ2v) is 6.69. The van der Waals surface area contributed by atoms with Crippen molar-refractivity contribution in [3.63, 3.8) is 0 Å². The molecule has 0 atom stereocenters. The van der Waals surface area contributed by atoms with E-state index in [2.05, 4.69) is 36.9 Å². The maximum atomic E-state index is 3.53. The van der Waals surface area contributed by atoms with E-state index >= 15 is 0 Å². The predicted molar refractivity (Wildman–Crippen MR) is 82.9 cm³/mol. The lowest BCUT2D eigenvalue weighted by molar-refractivity contribution is -0.887. The van der Waals surface area contributed by atoms with Gasteiger partial charge in [0.1, 0.15) is 0 Å². The molecule has 0 saturated heterocycles. The zero-order valence-corrected chi connectivity index (χ0v) is 15.0. The highest BCUT2D eigenvalue weighted by Gasteiger charge is 2.12. The Morgan fingerprint density at radius 3 is 1.61 bits per heavy atom. The first-order valence-corrected chi connectivity index (χ1v) is 8.62. The maximum Gasteiger partial charge on any atom is 0.0880 e. The molecule has 112 valence electrons. The summed E-state index contributed by atoms with van der Waals surface area (Å²) in [6.45, 7) is 4.87. The molecule has 0 aromatic carbocycles. The molecule has 0 saturated carbocycles. The van der Waals surface area contributed by atoms with Crippen LogP contribution in [0.15, 0.2) is 0 Å². The van der Waals surface area contributed by atoms with Gasteiger partial charge in [0.25, 0.3) is 0 Å².